The Hall–Kier alpha value is -1.88. The van der Waals surface area contributed by atoms with Crippen molar-refractivity contribution in [2.45, 2.75) is 32.0 Å². The van der Waals surface area contributed by atoms with Gasteiger partial charge in [-0.25, -0.2) is 15.2 Å². The van der Waals surface area contributed by atoms with Crippen molar-refractivity contribution >= 4 is 23.3 Å². The van der Waals surface area contributed by atoms with Crippen LogP contribution in [0.4, 0.5) is 18.0 Å². The molecule has 0 aliphatic rings. The van der Waals surface area contributed by atoms with Gasteiger partial charge in [0.05, 0.1) is 13.0 Å². The summed E-state index contributed by atoms with van der Waals surface area (Å²) in [5, 5.41) is 10.6. The Morgan fingerprint density at radius 3 is 2.50 bits per heavy atom. The highest BCUT2D eigenvalue weighted by Gasteiger charge is 2.58. The lowest BCUT2D eigenvalue weighted by atomic mass is 9.99. The van der Waals surface area contributed by atoms with Gasteiger partial charge in [-0.3, -0.25) is 10.2 Å². The van der Waals surface area contributed by atoms with Crippen molar-refractivity contribution < 1.29 is 32.6 Å². The smallest absolute Gasteiger partial charge is 0.426 e. The second-order valence-electron chi connectivity index (χ2n) is 4.22. The lowest BCUT2D eigenvalue weighted by Crippen LogP contribution is -2.49. The van der Waals surface area contributed by atoms with Gasteiger partial charge in [-0.1, -0.05) is 0 Å². The topological polar surface area (TPSA) is 101 Å². The Morgan fingerprint density at radius 1 is 1.41 bits per heavy atom. The summed E-state index contributed by atoms with van der Waals surface area (Å²) in [7, 11) is 0. The van der Waals surface area contributed by atoms with E-state index in [1.165, 1.54) is 19.2 Å². The summed E-state index contributed by atoms with van der Waals surface area (Å²) >= 11 is 0.585. The summed E-state index contributed by atoms with van der Waals surface area (Å²) in [5.74, 6) is -1.25. The molecule has 0 aliphatic carbocycles. The highest BCUT2D eigenvalue weighted by Crippen LogP contribution is 2.42. The molecule has 1 rings (SSSR count). The minimum atomic E-state index is -5.11. The Balaban J connectivity index is 2.83. The third-order valence-electron chi connectivity index (χ3n) is 2.44. The number of thiazole rings is 1. The molecule has 124 valence electrons. The molecule has 2 amide bonds. The zero-order valence-electron chi connectivity index (χ0n) is 11.7. The highest BCUT2D eigenvalue weighted by atomic mass is 32.1. The molecule has 1 atom stereocenters. The molecule has 0 radical (unpaired) electrons. The molecule has 0 unspecified atom stereocenters. The van der Waals surface area contributed by atoms with E-state index in [1.54, 1.807) is 10.9 Å². The van der Waals surface area contributed by atoms with Crippen molar-refractivity contribution in [1.82, 2.24) is 15.8 Å². The summed E-state index contributed by atoms with van der Waals surface area (Å²) in [6, 6.07) is 0. The van der Waals surface area contributed by atoms with Crippen LogP contribution in [0.25, 0.3) is 0 Å². The van der Waals surface area contributed by atoms with E-state index in [0.717, 1.165) is 0 Å². The number of alkyl halides is 3. The van der Waals surface area contributed by atoms with Crippen LogP contribution in [0.1, 0.15) is 24.0 Å². The van der Waals surface area contributed by atoms with Gasteiger partial charge in [0.15, 0.2) is 0 Å². The first-order valence-corrected chi connectivity index (χ1v) is 6.91. The number of rotatable bonds is 4. The first-order valence-electron chi connectivity index (χ1n) is 6.03. The molecular weight excluding hydrogens is 327 g/mol. The Labute approximate surface area is 127 Å². The molecule has 0 fully saturated rings. The fourth-order valence-corrected chi connectivity index (χ4v) is 2.32. The van der Waals surface area contributed by atoms with Gasteiger partial charge in [-0.15, -0.1) is 11.3 Å². The molecule has 22 heavy (non-hydrogen) atoms. The molecule has 0 spiro atoms. The number of hydrazine groups is 1. The Bertz CT molecular complexity index is 549. The van der Waals surface area contributed by atoms with Crippen LogP contribution in [0.5, 0.6) is 0 Å². The number of hydrogen-bond acceptors (Lipinski definition) is 6. The Kier molecular flexibility index (Phi) is 5.72. The van der Waals surface area contributed by atoms with E-state index < -0.39 is 35.2 Å². The molecular formula is C11H14F3N3O4S. The average Bonchev–Trinajstić information content (AvgIpc) is 2.82. The number of aryl methyl sites for hydroxylation is 1. The SMILES string of the molecule is CCOC(=O)NNC(=O)C[C@](O)(c1nc(C)cs1)C(F)(F)F. The van der Waals surface area contributed by atoms with Crippen LogP contribution in [0.3, 0.4) is 0 Å². The predicted octanol–water partition coefficient (Wildman–Crippen LogP) is 1.37. The molecule has 11 heteroatoms. The predicted molar refractivity (Wildman–Crippen MR) is 69.7 cm³/mol. The van der Waals surface area contributed by atoms with Crippen LogP contribution in [0.15, 0.2) is 5.38 Å². The number of carbonyl (C=O) groups is 2. The number of halogens is 3. The van der Waals surface area contributed by atoms with Crippen molar-refractivity contribution in [2.24, 2.45) is 0 Å². The maximum absolute atomic E-state index is 13.1. The lowest BCUT2D eigenvalue weighted by molar-refractivity contribution is -0.267. The quantitative estimate of drug-likeness (QED) is 0.718. The van der Waals surface area contributed by atoms with Gasteiger partial charge in [0.25, 0.3) is 0 Å². The van der Waals surface area contributed by atoms with Gasteiger partial charge in [0, 0.05) is 11.1 Å². The number of amides is 2. The first kappa shape index (κ1) is 18.2. The van der Waals surface area contributed by atoms with Crippen LogP contribution < -0.4 is 10.9 Å². The molecule has 7 nitrogen and oxygen atoms in total. The summed E-state index contributed by atoms with van der Waals surface area (Å²) < 4.78 is 43.7. The number of aliphatic hydroxyl groups is 1. The van der Waals surface area contributed by atoms with Gasteiger partial charge in [0.1, 0.15) is 5.01 Å². The van der Waals surface area contributed by atoms with Gasteiger partial charge in [-0.2, -0.15) is 13.2 Å². The van der Waals surface area contributed by atoms with E-state index in [1.807, 2.05) is 0 Å². The second-order valence-corrected chi connectivity index (χ2v) is 5.08. The number of hydrogen-bond donors (Lipinski definition) is 3. The van der Waals surface area contributed by atoms with Gasteiger partial charge < -0.3 is 9.84 Å². The van der Waals surface area contributed by atoms with Crippen LogP contribution in [-0.2, 0) is 15.1 Å². The maximum Gasteiger partial charge on any atom is 0.426 e. The molecule has 1 aromatic rings. The number of aromatic nitrogens is 1. The standard InChI is InChI=1S/C11H14F3N3O4S/c1-3-21-9(19)17-16-7(18)4-10(20,11(12,13)14)8-15-6(2)5-22-8/h5,20H,3-4H2,1-2H3,(H,16,18)(H,17,19)/t10-/m0/s1. The molecule has 0 aromatic carbocycles. The minimum Gasteiger partial charge on any atom is -0.449 e. The average molecular weight is 341 g/mol. The number of ether oxygens (including phenoxy) is 1. The van der Waals surface area contributed by atoms with E-state index in [-0.39, 0.29) is 12.3 Å². The first-order chi connectivity index (χ1) is 10.1. The fraction of sp³-hybridized carbons (Fsp3) is 0.545. The maximum atomic E-state index is 13.1. The summed E-state index contributed by atoms with van der Waals surface area (Å²) in [4.78, 5) is 26.1. The highest BCUT2D eigenvalue weighted by molar-refractivity contribution is 7.09. The number of carbonyl (C=O) groups excluding carboxylic acids is 2. The summed E-state index contributed by atoms with van der Waals surface area (Å²) in [6.07, 6.45) is -7.49. The molecule has 0 saturated heterocycles. The fourth-order valence-electron chi connectivity index (χ4n) is 1.41. The van der Waals surface area contributed by atoms with E-state index >= 15 is 0 Å². The van der Waals surface area contributed by atoms with Crippen molar-refractivity contribution in [1.29, 1.82) is 0 Å². The molecule has 0 bridgehead atoms. The molecule has 1 heterocycles. The molecule has 3 N–H and O–H groups in total. The minimum absolute atomic E-state index is 0.0204. The molecule has 0 aliphatic heterocycles. The van der Waals surface area contributed by atoms with Gasteiger partial charge in [0.2, 0.25) is 11.5 Å². The lowest BCUT2D eigenvalue weighted by Gasteiger charge is -2.27. The van der Waals surface area contributed by atoms with Crippen LogP contribution >= 0.6 is 11.3 Å². The number of nitrogens with zero attached hydrogens (tertiary/aromatic N) is 1. The van der Waals surface area contributed by atoms with Gasteiger partial charge in [-0.05, 0) is 13.8 Å². The third kappa shape index (κ3) is 4.31. The van der Waals surface area contributed by atoms with E-state index in [4.69, 9.17) is 0 Å². The van der Waals surface area contributed by atoms with Crippen LogP contribution in [0, 0.1) is 6.92 Å². The van der Waals surface area contributed by atoms with E-state index in [0.29, 0.717) is 11.3 Å². The molecule has 1 aromatic heterocycles. The Morgan fingerprint density at radius 2 is 2.05 bits per heavy atom. The normalized spacial score (nSPS) is 14.1. The number of nitrogens with one attached hydrogen (secondary N) is 2. The monoisotopic (exact) mass is 341 g/mol. The zero-order chi connectivity index (χ0) is 17.0. The molecule has 0 saturated carbocycles. The zero-order valence-corrected chi connectivity index (χ0v) is 12.5. The van der Waals surface area contributed by atoms with Crippen LogP contribution in [0.2, 0.25) is 0 Å². The van der Waals surface area contributed by atoms with Crippen molar-refractivity contribution in [3.63, 3.8) is 0 Å². The van der Waals surface area contributed by atoms with Crippen molar-refractivity contribution in [3.8, 4) is 0 Å². The van der Waals surface area contributed by atoms with Crippen molar-refractivity contribution in [3.05, 3.63) is 16.1 Å². The van der Waals surface area contributed by atoms with E-state index in [9.17, 15) is 27.9 Å². The van der Waals surface area contributed by atoms with Gasteiger partial charge >= 0.3 is 12.3 Å². The summed E-state index contributed by atoms with van der Waals surface area (Å²) in [5.41, 5.74) is 0.330. The van der Waals surface area contributed by atoms with E-state index in [2.05, 4.69) is 9.72 Å². The largest absolute Gasteiger partial charge is 0.449 e. The van der Waals surface area contributed by atoms with Crippen molar-refractivity contribution in [2.75, 3.05) is 6.61 Å². The summed E-state index contributed by atoms with van der Waals surface area (Å²) in [6.45, 7) is 2.99. The van der Waals surface area contributed by atoms with Crippen LogP contribution in [-0.4, -0.2) is 34.9 Å². The third-order valence-corrected chi connectivity index (χ3v) is 3.55. The second kappa shape index (κ2) is 6.92.